The number of fused-ring (bicyclic) bond motifs is 1. The average molecular weight is 302 g/mol. The van der Waals surface area contributed by atoms with Crippen molar-refractivity contribution >= 4 is 16.6 Å². The SMILES string of the molecule is C.CC.CC(=O)COc1ccc2cc(CC(C)C)ccc2c1. The second kappa shape index (κ2) is 9.99. The van der Waals surface area contributed by atoms with Gasteiger partial charge in [0.1, 0.15) is 12.4 Å². The molecule has 122 valence electrons. The molecule has 2 aromatic rings. The predicted octanol–water partition coefficient (Wildman–Crippen LogP) is 5.67. The highest BCUT2D eigenvalue weighted by molar-refractivity contribution is 5.84. The number of Topliss-reactive ketones (excluding diaryl/α,β-unsaturated/α-hetero) is 1. The van der Waals surface area contributed by atoms with E-state index in [-0.39, 0.29) is 19.8 Å². The maximum Gasteiger partial charge on any atom is 0.167 e. The molecular weight excluding hydrogens is 272 g/mol. The molecular formula is C20H30O2. The zero-order valence-electron chi connectivity index (χ0n) is 13.8. The Morgan fingerprint density at radius 1 is 1.05 bits per heavy atom. The normalized spacial score (nSPS) is 9.73. The van der Waals surface area contributed by atoms with Crippen LogP contribution in [0.3, 0.4) is 0 Å². The van der Waals surface area contributed by atoms with Gasteiger partial charge in [-0.3, -0.25) is 4.79 Å². The first-order valence-electron chi connectivity index (χ1n) is 7.69. The van der Waals surface area contributed by atoms with Crippen LogP contribution in [0.1, 0.15) is 47.6 Å². The summed E-state index contributed by atoms with van der Waals surface area (Å²) in [6.45, 7) is 10.1. The van der Waals surface area contributed by atoms with E-state index in [0.717, 1.165) is 17.6 Å². The van der Waals surface area contributed by atoms with E-state index < -0.39 is 0 Å². The Balaban J connectivity index is 0.00000141. The van der Waals surface area contributed by atoms with Gasteiger partial charge in [-0.05, 0) is 47.7 Å². The Bertz CT molecular complexity index is 585. The molecule has 0 aromatic heterocycles. The van der Waals surface area contributed by atoms with Crippen LogP contribution in [0.5, 0.6) is 5.75 Å². The monoisotopic (exact) mass is 302 g/mol. The second-order valence-corrected chi connectivity index (χ2v) is 5.43. The summed E-state index contributed by atoms with van der Waals surface area (Å²) in [7, 11) is 0. The van der Waals surface area contributed by atoms with Crippen LogP contribution in [0.2, 0.25) is 0 Å². The fraction of sp³-hybridized carbons (Fsp3) is 0.450. The molecule has 0 radical (unpaired) electrons. The molecule has 0 aliphatic heterocycles. The lowest BCUT2D eigenvalue weighted by atomic mass is 10.00. The lowest BCUT2D eigenvalue weighted by Crippen LogP contribution is -2.06. The van der Waals surface area contributed by atoms with Crippen molar-refractivity contribution in [1.82, 2.24) is 0 Å². The molecule has 0 aliphatic carbocycles. The van der Waals surface area contributed by atoms with Gasteiger partial charge in [0.15, 0.2) is 5.78 Å². The van der Waals surface area contributed by atoms with Crippen molar-refractivity contribution in [2.75, 3.05) is 6.61 Å². The van der Waals surface area contributed by atoms with E-state index in [2.05, 4.69) is 38.1 Å². The largest absolute Gasteiger partial charge is 0.486 e. The minimum absolute atomic E-state index is 0. The second-order valence-electron chi connectivity index (χ2n) is 5.43. The Labute approximate surface area is 135 Å². The van der Waals surface area contributed by atoms with Crippen molar-refractivity contribution < 1.29 is 9.53 Å². The molecule has 0 saturated heterocycles. The van der Waals surface area contributed by atoms with Crippen LogP contribution in [0.15, 0.2) is 36.4 Å². The molecule has 2 heteroatoms. The number of rotatable bonds is 5. The number of ether oxygens (including phenoxy) is 1. The summed E-state index contributed by atoms with van der Waals surface area (Å²) in [4.78, 5) is 10.9. The summed E-state index contributed by atoms with van der Waals surface area (Å²) in [5, 5.41) is 2.36. The van der Waals surface area contributed by atoms with Crippen LogP contribution < -0.4 is 4.74 Å². The predicted molar refractivity (Wildman–Crippen MR) is 96.7 cm³/mol. The highest BCUT2D eigenvalue weighted by atomic mass is 16.5. The summed E-state index contributed by atoms with van der Waals surface area (Å²) in [6, 6.07) is 12.5. The molecule has 0 fully saturated rings. The third-order valence-corrected chi connectivity index (χ3v) is 2.96. The number of hydrogen-bond donors (Lipinski definition) is 0. The van der Waals surface area contributed by atoms with Gasteiger partial charge in [0.25, 0.3) is 0 Å². The zero-order chi connectivity index (χ0) is 15.8. The van der Waals surface area contributed by atoms with Gasteiger partial charge in [0, 0.05) is 0 Å². The van der Waals surface area contributed by atoms with Crippen molar-refractivity contribution in [3.05, 3.63) is 42.0 Å². The van der Waals surface area contributed by atoms with E-state index in [9.17, 15) is 4.79 Å². The molecule has 0 saturated carbocycles. The van der Waals surface area contributed by atoms with Crippen LogP contribution in [0, 0.1) is 5.92 Å². The minimum atomic E-state index is 0. The molecule has 0 amide bonds. The third kappa shape index (κ3) is 6.30. The Morgan fingerprint density at radius 3 is 2.23 bits per heavy atom. The highest BCUT2D eigenvalue weighted by Crippen LogP contribution is 2.23. The molecule has 0 bridgehead atoms. The Kier molecular flexibility index (Phi) is 9.16. The number of carbonyl (C=O) groups is 1. The number of hydrogen-bond acceptors (Lipinski definition) is 2. The molecule has 2 nitrogen and oxygen atoms in total. The van der Waals surface area contributed by atoms with Gasteiger partial charge in [-0.2, -0.15) is 0 Å². The van der Waals surface area contributed by atoms with Crippen LogP contribution in [0.4, 0.5) is 0 Å². The van der Waals surface area contributed by atoms with Crippen LogP contribution in [-0.4, -0.2) is 12.4 Å². The summed E-state index contributed by atoms with van der Waals surface area (Å²) >= 11 is 0. The molecule has 0 N–H and O–H groups in total. The molecule has 2 rings (SSSR count). The van der Waals surface area contributed by atoms with Gasteiger partial charge < -0.3 is 4.74 Å². The summed E-state index contributed by atoms with van der Waals surface area (Å²) in [6.07, 6.45) is 1.10. The first-order chi connectivity index (χ1) is 10.0. The van der Waals surface area contributed by atoms with E-state index in [0.29, 0.717) is 5.92 Å². The first-order valence-corrected chi connectivity index (χ1v) is 7.69. The molecule has 0 heterocycles. The topological polar surface area (TPSA) is 26.3 Å². The van der Waals surface area contributed by atoms with Crippen molar-refractivity contribution in [2.45, 2.75) is 48.5 Å². The van der Waals surface area contributed by atoms with E-state index in [1.165, 1.54) is 17.9 Å². The maximum atomic E-state index is 10.9. The van der Waals surface area contributed by atoms with Crippen molar-refractivity contribution in [1.29, 1.82) is 0 Å². The zero-order valence-corrected chi connectivity index (χ0v) is 13.8. The summed E-state index contributed by atoms with van der Waals surface area (Å²) < 4.78 is 5.42. The summed E-state index contributed by atoms with van der Waals surface area (Å²) in [5.41, 5.74) is 1.36. The lowest BCUT2D eigenvalue weighted by Gasteiger charge is -2.08. The number of ketones is 1. The van der Waals surface area contributed by atoms with Gasteiger partial charge in [0.2, 0.25) is 0 Å². The van der Waals surface area contributed by atoms with Crippen LogP contribution >= 0.6 is 0 Å². The fourth-order valence-electron chi connectivity index (χ4n) is 2.15. The summed E-state index contributed by atoms with van der Waals surface area (Å²) in [5.74, 6) is 1.45. The Hall–Kier alpha value is -1.83. The van der Waals surface area contributed by atoms with Gasteiger partial charge in [0.05, 0.1) is 0 Å². The molecule has 0 aliphatic rings. The van der Waals surface area contributed by atoms with Crippen molar-refractivity contribution in [2.24, 2.45) is 5.92 Å². The van der Waals surface area contributed by atoms with E-state index >= 15 is 0 Å². The maximum absolute atomic E-state index is 10.9. The van der Waals surface area contributed by atoms with Gasteiger partial charge in [-0.15, -0.1) is 0 Å². The molecule has 0 atom stereocenters. The standard InChI is InChI=1S/C17H20O2.C2H6.CH4/c1-12(2)8-14-4-5-16-10-17(19-11-13(3)18)7-6-15(16)9-14;1-2;/h4-7,9-10,12H,8,11H2,1-3H3;1-2H3;1H4. The average Bonchev–Trinajstić information content (AvgIpc) is 2.46. The van der Waals surface area contributed by atoms with E-state index in [1.807, 2.05) is 26.0 Å². The van der Waals surface area contributed by atoms with Crippen LogP contribution in [-0.2, 0) is 11.2 Å². The Morgan fingerprint density at radius 2 is 1.64 bits per heavy atom. The molecule has 22 heavy (non-hydrogen) atoms. The van der Waals surface area contributed by atoms with E-state index in [1.54, 1.807) is 0 Å². The fourth-order valence-corrected chi connectivity index (χ4v) is 2.15. The van der Waals surface area contributed by atoms with Gasteiger partial charge >= 0.3 is 0 Å². The number of carbonyl (C=O) groups excluding carboxylic acids is 1. The minimum Gasteiger partial charge on any atom is -0.486 e. The smallest absolute Gasteiger partial charge is 0.167 e. The molecule has 2 aromatic carbocycles. The lowest BCUT2D eigenvalue weighted by molar-refractivity contribution is -0.118. The third-order valence-electron chi connectivity index (χ3n) is 2.96. The number of benzene rings is 2. The van der Waals surface area contributed by atoms with Crippen molar-refractivity contribution in [3.8, 4) is 5.75 Å². The molecule has 0 unspecified atom stereocenters. The van der Waals surface area contributed by atoms with E-state index in [4.69, 9.17) is 4.74 Å². The van der Waals surface area contributed by atoms with Crippen molar-refractivity contribution in [3.63, 3.8) is 0 Å². The van der Waals surface area contributed by atoms with Gasteiger partial charge in [-0.25, -0.2) is 0 Å². The molecule has 0 spiro atoms. The quantitative estimate of drug-likeness (QED) is 0.711. The van der Waals surface area contributed by atoms with Gasteiger partial charge in [-0.1, -0.05) is 59.4 Å². The first kappa shape index (κ1) is 20.2. The highest BCUT2D eigenvalue weighted by Gasteiger charge is 2.02. The van der Waals surface area contributed by atoms with Crippen LogP contribution in [0.25, 0.3) is 10.8 Å².